The molecule has 0 spiro atoms. The summed E-state index contributed by atoms with van der Waals surface area (Å²) < 4.78 is 0. The average molecular weight is 476 g/mol. The van der Waals surface area contributed by atoms with E-state index in [9.17, 15) is 19.2 Å². The van der Waals surface area contributed by atoms with Gasteiger partial charge >= 0.3 is 11.9 Å². The van der Waals surface area contributed by atoms with Gasteiger partial charge in [-0.3, -0.25) is 19.2 Å². The molecule has 0 aliphatic rings. The van der Waals surface area contributed by atoms with E-state index in [1.54, 1.807) is 0 Å². The molecular formula is C22H41N3O6S. The standard InChI is InChI=1S/C22H41N3O6S/c1-2-3-4-5-6-7-8-9-10-11-14-32-16-18(21(29)24-15-20(27)28)25-19(26)13-12-17(23)22(30)31/h17-18H,2-16,23H2,1H3,(H,24,29)(H,25,26)(H,27,28)(H,30,31). The monoisotopic (exact) mass is 475 g/mol. The van der Waals surface area contributed by atoms with Crippen LogP contribution in [0.1, 0.15) is 84.0 Å². The van der Waals surface area contributed by atoms with E-state index >= 15 is 0 Å². The summed E-state index contributed by atoms with van der Waals surface area (Å²) in [5.74, 6) is -2.26. The molecule has 9 nitrogen and oxygen atoms in total. The van der Waals surface area contributed by atoms with Crippen LogP contribution in [0.3, 0.4) is 0 Å². The lowest BCUT2D eigenvalue weighted by molar-refractivity contribution is -0.139. The van der Waals surface area contributed by atoms with Gasteiger partial charge in [0.15, 0.2) is 0 Å². The molecule has 0 saturated heterocycles. The molecule has 0 saturated carbocycles. The molecule has 0 bridgehead atoms. The lowest BCUT2D eigenvalue weighted by atomic mass is 10.1. The van der Waals surface area contributed by atoms with Crippen LogP contribution in [-0.4, -0.2) is 64.1 Å². The van der Waals surface area contributed by atoms with E-state index in [1.807, 2.05) is 0 Å². The van der Waals surface area contributed by atoms with Gasteiger partial charge in [-0.15, -0.1) is 0 Å². The van der Waals surface area contributed by atoms with Crippen LogP contribution < -0.4 is 16.4 Å². The summed E-state index contributed by atoms with van der Waals surface area (Å²) >= 11 is 1.53. The molecule has 0 aromatic rings. The number of rotatable bonds is 21. The summed E-state index contributed by atoms with van der Waals surface area (Å²) in [5, 5.41) is 22.4. The van der Waals surface area contributed by atoms with Crippen LogP contribution in [0.25, 0.3) is 0 Å². The topological polar surface area (TPSA) is 159 Å². The maximum Gasteiger partial charge on any atom is 0.322 e. The number of nitrogens with one attached hydrogen (secondary N) is 2. The zero-order valence-electron chi connectivity index (χ0n) is 19.3. The van der Waals surface area contributed by atoms with Crippen LogP contribution in [0.5, 0.6) is 0 Å². The molecule has 32 heavy (non-hydrogen) atoms. The van der Waals surface area contributed by atoms with Crippen molar-refractivity contribution >= 4 is 35.5 Å². The number of carbonyl (C=O) groups excluding carboxylic acids is 2. The van der Waals surface area contributed by atoms with Crippen LogP contribution in [0.2, 0.25) is 0 Å². The minimum atomic E-state index is -1.19. The van der Waals surface area contributed by atoms with Crippen LogP contribution in [-0.2, 0) is 19.2 Å². The predicted octanol–water partition coefficient (Wildman–Crippen LogP) is 2.52. The summed E-state index contributed by atoms with van der Waals surface area (Å²) in [6.07, 6.45) is 12.2. The van der Waals surface area contributed by atoms with Crippen molar-refractivity contribution in [1.82, 2.24) is 10.6 Å². The maximum absolute atomic E-state index is 12.2. The van der Waals surface area contributed by atoms with Crippen molar-refractivity contribution < 1.29 is 29.4 Å². The average Bonchev–Trinajstić information content (AvgIpc) is 2.75. The normalized spacial score (nSPS) is 12.7. The SMILES string of the molecule is CCCCCCCCCCCCSCC(NC(=O)CCC(N)C(=O)O)C(=O)NCC(=O)O. The van der Waals surface area contributed by atoms with Gasteiger partial charge in [-0.25, -0.2) is 0 Å². The van der Waals surface area contributed by atoms with Gasteiger partial charge in [0.2, 0.25) is 11.8 Å². The van der Waals surface area contributed by atoms with Crippen molar-refractivity contribution in [3.05, 3.63) is 0 Å². The lowest BCUT2D eigenvalue weighted by Crippen LogP contribution is -2.49. The van der Waals surface area contributed by atoms with Crippen LogP contribution in [0, 0.1) is 0 Å². The predicted molar refractivity (Wildman–Crippen MR) is 127 cm³/mol. The van der Waals surface area contributed by atoms with Crippen molar-refractivity contribution in [3.63, 3.8) is 0 Å². The fourth-order valence-electron chi connectivity index (χ4n) is 3.04. The second-order valence-corrected chi connectivity index (χ2v) is 9.12. The summed E-state index contributed by atoms with van der Waals surface area (Å²) in [6, 6.07) is -2.03. The molecule has 0 rings (SSSR count). The Morgan fingerprint density at radius 1 is 0.906 bits per heavy atom. The molecule has 6 N–H and O–H groups in total. The molecule has 2 atom stereocenters. The molecule has 0 aromatic carbocycles. The van der Waals surface area contributed by atoms with E-state index in [4.69, 9.17) is 15.9 Å². The smallest absolute Gasteiger partial charge is 0.322 e. The van der Waals surface area contributed by atoms with Gasteiger partial charge in [0, 0.05) is 12.2 Å². The van der Waals surface area contributed by atoms with Gasteiger partial charge in [-0.05, 0) is 18.6 Å². The van der Waals surface area contributed by atoms with Crippen LogP contribution in [0.15, 0.2) is 0 Å². The molecule has 0 aromatic heterocycles. The number of amides is 2. The maximum atomic E-state index is 12.2. The minimum absolute atomic E-state index is 0.0453. The van der Waals surface area contributed by atoms with Crippen molar-refractivity contribution in [2.45, 2.75) is 96.1 Å². The molecular weight excluding hydrogens is 434 g/mol. The Morgan fingerprint density at radius 3 is 2.00 bits per heavy atom. The quantitative estimate of drug-likeness (QED) is 0.158. The van der Waals surface area contributed by atoms with E-state index in [0.29, 0.717) is 5.75 Å². The third-order valence-corrected chi connectivity index (χ3v) is 6.14. The van der Waals surface area contributed by atoms with Crippen LogP contribution >= 0.6 is 11.8 Å². The van der Waals surface area contributed by atoms with Crippen molar-refractivity contribution in [3.8, 4) is 0 Å². The highest BCUT2D eigenvalue weighted by Gasteiger charge is 2.22. The Bertz CT molecular complexity index is 562. The summed E-state index contributed by atoms with van der Waals surface area (Å²) in [5.41, 5.74) is 5.39. The van der Waals surface area contributed by atoms with E-state index in [2.05, 4.69) is 17.6 Å². The first-order valence-electron chi connectivity index (χ1n) is 11.6. The molecule has 0 aliphatic carbocycles. The number of carboxylic acid groups (broad SMARTS) is 2. The largest absolute Gasteiger partial charge is 0.480 e. The first kappa shape index (κ1) is 30.2. The van der Waals surface area contributed by atoms with Gasteiger partial charge in [-0.1, -0.05) is 64.7 Å². The number of nitrogens with two attached hydrogens (primary N) is 1. The van der Waals surface area contributed by atoms with Crippen LogP contribution in [0.4, 0.5) is 0 Å². The summed E-state index contributed by atoms with van der Waals surface area (Å²) in [4.78, 5) is 45.8. The molecule has 2 amide bonds. The molecule has 2 unspecified atom stereocenters. The van der Waals surface area contributed by atoms with Gasteiger partial charge in [0.25, 0.3) is 0 Å². The highest BCUT2D eigenvalue weighted by molar-refractivity contribution is 7.99. The third kappa shape index (κ3) is 17.8. The minimum Gasteiger partial charge on any atom is -0.480 e. The van der Waals surface area contributed by atoms with E-state index in [1.165, 1.54) is 63.1 Å². The third-order valence-electron chi connectivity index (χ3n) is 4.99. The van der Waals surface area contributed by atoms with Gasteiger partial charge in [0.1, 0.15) is 18.6 Å². The lowest BCUT2D eigenvalue weighted by Gasteiger charge is -2.18. The first-order chi connectivity index (χ1) is 15.3. The Balaban J connectivity index is 4.17. The second-order valence-electron chi connectivity index (χ2n) is 7.97. The molecule has 10 heteroatoms. The second kappa shape index (κ2) is 19.8. The number of aliphatic carboxylic acids is 2. The Labute approximate surface area is 195 Å². The Morgan fingerprint density at radius 2 is 1.47 bits per heavy atom. The van der Waals surface area contributed by atoms with Crippen molar-refractivity contribution in [1.29, 1.82) is 0 Å². The number of thioether (sulfide) groups is 1. The Kier molecular flexibility index (Phi) is 18.7. The van der Waals surface area contributed by atoms with Gasteiger partial charge in [-0.2, -0.15) is 11.8 Å². The molecule has 0 heterocycles. The fraction of sp³-hybridized carbons (Fsp3) is 0.818. The molecule has 0 aliphatic heterocycles. The number of carboxylic acids is 2. The highest BCUT2D eigenvalue weighted by Crippen LogP contribution is 2.13. The zero-order chi connectivity index (χ0) is 24.2. The first-order valence-corrected chi connectivity index (χ1v) is 12.8. The number of hydrogen-bond acceptors (Lipinski definition) is 6. The molecule has 0 fully saturated rings. The molecule has 0 radical (unpaired) electrons. The molecule has 186 valence electrons. The van der Waals surface area contributed by atoms with Gasteiger partial charge < -0.3 is 26.6 Å². The number of unbranched alkanes of at least 4 members (excludes halogenated alkanes) is 9. The van der Waals surface area contributed by atoms with E-state index in [-0.39, 0.29) is 12.8 Å². The fourth-order valence-corrected chi connectivity index (χ4v) is 4.08. The highest BCUT2D eigenvalue weighted by atomic mass is 32.2. The van der Waals surface area contributed by atoms with Gasteiger partial charge in [0.05, 0.1) is 0 Å². The summed E-state index contributed by atoms with van der Waals surface area (Å²) in [6.45, 7) is 1.69. The zero-order valence-corrected chi connectivity index (χ0v) is 20.1. The van der Waals surface area contributed by atoms with E-state index < -0.39 is 42.4 Å². The number of carbonyl (C=O) groups is 4. The number of hydrogen-bond donors (Lipinski definition) is 5. The van der Waals surface area contributed by atoms with Crippen molar-refractivity contribution in [2.24, 2.45) is 5.73 Å². The Hall–Kier alpha value is -1.81. The summed E-state index contributed by atoms with van der Waals surface area (Å²) in [7, 11) is 0. The van der Waals surface area contributed by atoms with Crippen molar-refractivity contribution in [2.75, 3.05) is 18.1 Å². The van der Waals surface area contributed by atoms with E-state index in [0.717, 1.165) is 18.6 Å².